The number of carbonyl (C=O) groups excluding carboxylic acids is 1. The lowest BCUT2D eigenvalue weighted by Gasteiger charge is -2.30. The molecule has 1 heterocycles. The van der Waals surface area contributed by atoms with E-state index in [4.69, 9.17) is 22.7 Å². The summed E-state index contributed by atoms with van der Waals surface area (Å²) in [6.07, 6.45) is 0.266. The summed E-state index contributed by atoms with van der Waals surface area (Å²) in [5.74, 6) is 0.0325. The molecule has 29 heavy (non-hydrogen) atoms. The molecule has 152 valence electrons. The highest BCUT2D eigenvalue weighted by Gasteiger charge is 2.28. The molecular formula is C20H23ClN6O2. The molecule has 0 saturated carbocycles. The number of nitrogens with one attached hydrogen (secondary N) is 2. The Morgan fingerprint density at radius 2 is 2.00 bits per heavy atom. The zero-order chi connectivity index (χ0) is 21.0. The van der Waals surface area contributed by atoms with Crippen molar-refractivity contribution < 1.29 is 4.79 Å². The first-order valence-corrected chi connectivity index (χ1v) is 9.64. The van der Waals surface area contributed by atoms with Crippen LogP contribution in [0.3, 0.4) is 0 Å². The monoisotopic (exact) mass is 414 g/mol. The van der Waals surface area contributed by atoms with E-state index in [1.807, 2.05) is 24.3 Å². The number of nitroso groups, excluding NO2 is 1. The molecule has 2 aromatic rings. The predicted octanol–water partition coefficient (Wildman–Crippen LogP) is 3.47. The zero-order valence-electron chi connectivity index (χ0n) is 16.1. The first-order valence-electron chi connectivity index (χ1n) is 9.27. The number of hydrogen-bond donors (Lipinski definition) is 3. The van der Waals surface area contributed by atoms with Crippen molar-refractivity contribution >= 4 is 40.4 Å². The molecule has 1 aliphatic rings. The minimum Gasteiger partial charge on any atom is -0.350 e. The lowest BCUT2D eigenvalue weighted by atomic mass is 10.1. The summed E-state index contributed by atoms with van der Waals surface area (Å²) >= 11 is 6.04. The average Bonchev–Trinajstić information content (AvgIpc) is 2.84. The number of hydrogen-bond acceptors (Lipinski definition) is 6. The molecule has 1 amide bonds. The molecule has 0 bridgehead atoms. The Labute approximate surface area is 174 Å². The van der Waals surface area contributed by atoms with E-state index in [1.165, 1.54) is 0 Å². The Kier molecular flexibility index (Phi) is 6.46. The van der Waals surface area contributed by atoms with Gasteiger partial charge in [0.25, 0.3) is 5.91 Å². The standard InChI is InChI=1S/C20H23ClN6O2/c1-13(22)27-17-7-2-14(20(28)24-9-10-25-29)12-18(17)26(11-8-19(27)23)16-5-3-15(21)4-6-16/h2-7,12,19,22H,8-11,23H2,1H3,(H,24,28). The maximum Gasteiger partial charge on any atom is 0.251 e. The highest BCUT2D eigenvalue weighted by atomic mass is 35.5. The second kappa shape index (κ2) is 9.02. The Hall–Kier alpha value is -2.97. The van der Waals surface area contributed by atoms with Crippen LogP contribution in [0.25, 0.3) is 0 Å². The predicted molar refractivity (Wildman–Crippen MR) is 116 cm³/mol. The molecule has 0 radical (unpaired) electrons. The summed E-state index contributed by atoms with van der Waals surface area (Å²) in [5.41, 5.74) is 9.24. The van der Waals surface area contributed by atoms with Crippen molar-refractivity contribution in [2.75, 3.05) is 29.4 Å². The highest BCUT2D eigenvalue weighted by Crippen LogP contribution is 2.39. The van der Waals surface area contributed by atoms with E-state index < -0.39 is 0 Å². The van der Waals surface area contributed by atoms with Crippen molar-refractivity contribution in [1.29, 1.82) is 5.41 Å². The van der Waals surface area contributed by atoms with E-state index >= 15 is 0 Å². The fraction of sp³-hybridized carbons (Fsp3) is 0.300. The first kappa shape index (κ1) is 20.8. The number of nitrogens with two attached hydrogens (primary N) is 1. The van der Waals surface area contributed by atoms with Crippen molar-refractivity contribution in [1.82, 2.24) is 5.32 Å². The third-order valence-electron chi connectivity index (χ3n) is 4.76. The zero-order valence-corrected chi connectivity index (χ0v) is 16.8. The van der Waals surface area contributed by atoms with Crippen LogP contribution in [0.1, 0.15) is 23.7 Å². The van der Waals surface area contributed by atoms with Gasteiger partial charge in [0.15, 0.2) is 0 Å². The van der Waals surface area contributed by atoms with E-state index in [0.717, 1.165) is 17.1 Å². The van der Waals surface area contributed by atoms with Crippen LogP contribution in [0.5, 0.6) is 0 Å². The van der Waals surface area contributed by atoms with Gasteiger partial charge < -0.3 is 20.9 Å². The maximum absolute atomic E-state index is 12.5. The molecule has 1 aliphatic heterocycles. The third kappa shape index (κ3) is 4.55. The van der Waals surface area contributed by atoms with Crippen molar-refractivity contribution in [2.45, 2.75) is 19.5 Å². The second-order valence-corrected chi connectivity index (χ2v) is 7.19. The minimum absolute atomic E-state index is 0.0171. The van der Waals surface area contributed by atoms with Crippen LogP contribution in [0, 0.1) is 10.3 Å². The van der Waals surface area contributed by atoms with Gasteiger partial charge in [0, 0.05) is 29.4 Å². The number of anilines is 3. The van der Waals surface area contributed by atoms with Gasteiger partial charge in [-0.1, -0.05) is 16.8 Å². The molecule has 1 unspecified atom stereocenters. The molecule has 9 heteroatoms. The molecule has 0 saturated heterocycles. The van der Waals surface area contributed by atoms with E-state index in [2.05, 4.69) is 15.4 Å². The summed E-state index contributed by atoms with van der Waals surface area (Å²) in [5, 5.41) is 14.3. The molecule has 0 aliphatic carbocycles. The van der Waals surface area contributed by atoms with E-state index in [-0.39, 0.29) is 25.2 Å². The normalized spacial score (nSPS) is 16.0. The summed E-state index contributed by atoms with van der Waals surface area (Å²) in [6.45, 7) is 2.49. The Morgan fingerprint density at radius 3 is 2.66 bits per heavy atom. The van der Waals surface area contributed by atoms with Crippen LogP contribution in [0.15, 0.2) is 47.6 Å². The van der Waals surface area contributed by atoms with Crippen LogP contribution in [0.4, 0.5) is 17.1 Å². The fourth-order valence-electron chi connectivity index (χ4n) is 3.41. The van der Waals surface area contributed by atoms with Crippen molar-refractivity contribution in [2.24, 2.45) is 10.9 Å². The SMILES string of the molecule is CC(=N)N1c2ccc(C(=O)NCCN=O)cc2N(c2ccc(Cl)cc2)CCC1N. The van der Waals surface area contributed by atoms with Crippen molar-refractivity contribution in [3.8, 4) is 0 Å². The number of carbonyl (C=O) groups is 1. The molecule has 0 spiro atoms. The second-order valence-electron chi connectivity index (χ2n) is 6.75. The quantitative estimate of drug-likeness (QED) is 0.300. The summed E-state index contributed by atoms with van der Waals surface area (Å²) < 4.78 is 0. The van der Waals surface area contributed by atoms with Gasteiger partial charge in [-0.25, -0.2) is 0 Å². The topological polar surface area (TPSA) is 115 Å². The Balaban J connectivity index is 2.07. The third-order valence-corrected chi connectivity index (χ3v) is 5.01. The van der Waals surface area contributed by atoms with Crippen LogP contribution >= 0.6 is 11.6 Å². The summed E-state index contributed by atoms with van der Waals surface area (Å²) in [6, 6.07) is 12.7. The smallest absolute Gasteiger partial charge is 0.251 e. The number of halogens is 1. The first-order chi connectivity index (χ1) is 13.9. The number of rotatable bonds is 5. The van der Waals surface area contributed by atoms with Gasteiger partial charge in [-0.2, -0.15) is 4.91 Å². The number of nitrogens with zero attached hydrogens (tertiary/aromatic N) is 3. The number of fused-ring (bicyclic) bond motifs is 1. The average molecular weight is 415 g/mol. The van der Waals surface area contributed by atoms with Gasteiger partial charge in [-0.05, 0) is 55.8 Å². The molecule has 4 N–H and O–H groups in total. The van der Waals surface area contributed by atoms with Crippen LogP contribution < -0.4 is 20.9 Å². The van der Waals surface area contributed by atoms with E-state index in [1.54, 1.807) is 30.0 Å². The van der Waals surface area contributed by atoms with Crippen LogP contribution in [0.2, 0.25) is 5.02 Å². The van der Waals surface area contributed by atoms with Gasteiger partial charge in [0.2, 0.25) is 0 Å². The van der Waals surface area contributed by atoms with Crippen LogP contribution in [-0.4, -0.2) is 37.5 Å². The lowest BCUT2D eigenvalue weighted by molar-refractivity contribution is 0.0955. The molecule has 3 rings (SSSR count). The lowest BCUT2D eigenvalue weighted by Crippen LogP contribution is -2.44. The van der Waals surface area contributed by atoms with Gasteiger partial charge >= 0.3 is 0 Å². The van der Waals surface area contributed by atoms with Crippen LogP contribution in [-0.2, 0) is 0 Å². The van der Waals surface area contributed by atoms with E-state index in [9.17, 15) is 9.70 Å². The van der Waals surface area contributed by atoms with E-state index in [0.29, 0.717) is 29.4 Å². The van der Waals surface area contributed by atoms with Gasteiger partial charge in [0.05, 0.1) is 29.9 Å². The maximum atomic E-state index is 12.5. The molecule has 8 nitrogen and oxygen atoms in total. The highest BCUT2D eigenvalue weighted by molar-refractivity contribution is 6.30. The summed E-state index contributed by atoms with van der Waals surface area (Å²) in [7, 11) is 0. The molecule has 0 fully saturated rings. The Bertz CT molecular complexity index is 918. The number of amides is 1. The minimum atomic E-state index is -0.359. The van der Waals surface area contributed by atoms with Crippen molar-refractivity contribution in [3.63, 3.8) is 0 Å². The summed E-state index contributed by atoms with van der Waals surface area (Å²) in [4.78, 5) is 26.6. The Morgan fingerprint density at radius 1 is 1.28 bits per heavy atom. The van der Waals surface area contributed by atoms with Crippen molar-refractivity contribution in [3.05, 3.63) is 58.0 Å². The largest absolute Gasteiger partial charge is 0.350 e. The molecule has 1 atom stereocenters. The molecule has 2 aromatic carbocycles. The number of amidine groups is 1. The van der Waals surface area contributed by atoms with Gasteiger partial charge in [-0.15, -0.1) is 0 Å². The molecular weight excluding hydrogens is 392 g/mol. The number of benzene rings is 2. The fourth-order valence-corrected chi connectivity index (χ4v) is 3.54. The van der Waals surface area contributed by atoms with Gasteiger partial charge in [-0.3, -0.25) is 10.2 Å². The molecule has 0 aromatic heterocycles. The van der Waals surface area contributed by atoms with Gasteiger partial charge in [0.1, 0.15) is 0 Å².